The van der Waals surface area contributed by atoms with Gasteiger partial charge in [0.2, 0.25) is 5.91 Å². The summed E-state index contributed by atoms with van der Waals surface area (Å²) in [6.07, 6.45) is -11.5. The molecule has 0 aliphatic rings. The summed E-state index contributed by atoms with van der Waals surface area (Å²) >= 11 is 0. The van der Waals surface area contributed by atoms with Gasteiger partial charge in [-0.2, -0.15) is 26.3 Å². The fourth-order valence-electron chi connectivity index (χ4n) is 3.66. The number of nitrogens with one attached hydrogen (secondary N) is 2. The maximum absolute atomic E-state index is 13.6. The molecule has 0 radical (unpaired) electrons. The van der Waals surface area contributed by atoms with Gasteiger partial charge >= 0.3 is 12.4 Å². The number of benzene rings is 2. The van der Waals surface area contributed by atoms with Crippen molar-refractivity contribution < 1.29 is 50.6 Å². The maximum Gasteiger partial charge on any atom is 0.422 e. The molecule has 0 bridgehead atoms. The molecule has 14 heteroatoms. The Hall–Kier alpha value is -4.62. The second-order valence-electron chi connectivity index (χ2n) is 9.06. The van der Waals surface area contributed by atoms with Crippen molar-refractivity contribution in [3.8, 4) is 16.9 Å². The molecule has 0 aliphatic heterocycles. The van der Waals surface area contributed by atoms with Crippen LogP contribution in [0.25, 0.3) is 11.1 Å². The number of hydrogen-bond acceptors (Lipinski definition) is 6. The van der Waals surface area contributed by atoms with Crippen molar-refractivity contribution in [1.29, 1.82) is 0 Å². The highest BCUT2D eigenvalue weighted by atomic mass is 19.4. The lowest BCUT2D eigenvalue weighted by Gasteiger charge is -2.20. The van der Waals surface area contributed by atoms with Gasteiger partial charge in [0.25, 0.3) is 0 Å². The lowest BCUT2D eigenvalue weighted by Crippen LogP contribution is -2.30. The Morgan fingerprint density at radius 1 is 0.927 bits per heavy atom. The zero-order valence-electron chi connectivity index (χ0n) is 21.4. The van der Waals surface area contributed by atoms with E-state index in [1.165, 1.54) is 12.1 Å². The van der Waals surface area contributed by atoms with Crippen molar-refractivity contribution in [3.63, 3.8) is 0 Å². The highest BCUT2D eigenvalue weighted by Crippen LogP contribution is 2.42. The monoisotopic (exact) mass is 582 g/mol. The number of ketones is 1. The smallest absolute Gasteiger partial charge is 0.422 e. The van der Waals surface area contributed by atoms with Crippen LogP contribution in [0.4, 0.5) is 42.5 Å². The van der Waals surface area contributed by atoms with E-state index in [1.807, 2.05) is 25.2 Å². The van der Waals surface area contributed by atoms with Crippen LogP contribution in [0, 0.1) is 0 Å². The summed E-state index contributed by atoms with van der Waals surface area (Å²) in [6, 6.07) is 10.3. The summed E-state index contributed by atoms with van der Waals surface area (Å²) in [5.41, 5.74) is -0.952. The van der Waals surface area contributed by atoms with Gasteiger partial charge in [-0.1, -0.05) is 32.0 Å². The van der Waals surface area contributed by atoms with Crippen LogP contribution in [0.1, 0.15) is 47.8 Å². The Kier molecular flexibility index (Phi) is 9.25. The molecule has 0 atom stereocenters. The summed E-state index contributed by atoms with van der Waals surface area (Å²) in [5, 5.41) is 14.6. The number of carboxylic acid groups (broad SMARTS) is 1. The molecule has 0 unspecified atom stereocenters. The lowest BCUT2D eigenvalue weighted by atomic mass is 9.98. The van der Waals surface area contributed by atoms with Gasteiger partial charge in [-0.15, -0.1) is 0 Å². The molecule has 2 aromatic carbocycles. The van der Waals surface area contributed by atoms with Crippen LogP contribution in [0.15, 0.2) is 54.7 Å². The normalized spacial score (nSPS) is 11.7. The molecule has 1 heterocycles. The number of pyridine rings is 1. The number of halogens is 6. The Bertz CT molecular complexity index is 1450. The summed E-state index contributed by atoms with van der Waals surface area (Å²) in [6.45, 7) is 1.82. The first-order valence-electron chi connectivity index (χ1n) is 11.9. The zero-order valence-corrected chi connectivity index (χ0v) is 21.4. The molecule has 2 amide bonds. The Morgan fingerprint density at radius 3 is 2.20 bits per heavy atom. The Labute approximate surface area is 229 Å². The molecule has 41 heavy (non-hydrogen) atoms. The number of aromatic nitrogens is 1. The number of nitrogens with zero attached hydrogens (tertiary/aromatic N) is 1. The average Bonchev–Trinajstić information content (AvgIpc) is 2.87. The molecule has 0 spiro atoms. The van der Waals surface area contributed by atoms with Gasteiger partial charge in [0, 0.05) is 23.5 Å². The van der Waals surface area contributed by atoms with Crippen LogP contribution in [-0.2, 0) is 11.0 Å². The summed E-state index contributed by atoms with van der Waals surface area (Å²) in [4.78, 5) is 40.8. The second kappa shape index (κ2) is 12.3. The Balaban J connectivity index is 1.86. The summed E-state index contributed by atoms with van der Waals surface area (Å²) in [7, 11) is 0. The Morgan fingerprint density at radius 2 is 1.59 bits per heavy atom. The predicted molar refractivity (Wildman–Crippen MR) is 133 cm³/mol. The standard InChI is InChI=1S/C27H23F6N3O5/c1-14(2)19-9-16(6-7-34-19)15-4-3-5-17(8-15)22(37)12-24(38)35-20-10-18(27(31,32)33)23(41-13-26(28,29)30)11-21(20)36-25(39)40/h3-11,14,36H,12-13H2,1-2H3,(H,35,38)(H,39,40)/p-1. The van der Waals surface area contributed by atoms with E-state index in [0.717, 1.165) is 11.3 Å². The van der Waals surface area contributed by atoms with E-state index < -0.39 is 65.9 Å². The highest BCUT2D eigenvalue weighted by Gasteiger charge is 2.37. The van der Waals surface area contributed by atoms with Gasteiger partial charge in [0.1, 0.15) is 11.8 Å². The second-order valence-corrected chi connectivity index (χ2v) is 9.06. The minimum atomic E-state index is -5.25. The van der Waals surface area contributed by atoms with Crippen LogP contribution >= 0.6 is 0 Å². The number of alkyl halides is 6. The van der Waals surface area contributed by atoms with Crippen LogP contribution in [0.2, 0.25) is 0 Å². The summed E-state index contributed by atoms with van der Waals surface area (Å²) in [5.74, 6) is -3.04. The van der Waals surface area contributed by atoms with Crippen molar-refractivity contribution in [3.05, 3.63) is 71.5 Å². The fourth-order valence-corrected chi connectivity index (χ4v) is 3.66. The van der Waals surface area contributed by atoms with E-state index in [-0.39, 0.29) is 17.5 Å². The zero-order chi connectivity index (χ0) is 30.5. The molecule has 8 nitrogen and oxygen atoms in total. The van der Waals surface area contributed by atoms with Crippen LogP contribution in [0.3, 0.4) is 0 Å². The molecule has 1 aromatic heterocycles. The van der Waals surface area contributed by atoms with E-state index in [0.29, 0.717) is 11.6 Å². The quantitative estimate of drug-likeness (QED) is 0.187. The topological polar surface area (TPSA) is 120 Å². The lowest BCUT2D eigenvalue weighted by molar-refractivity contribution is -0.242. The van der Waals surface area contributed by atoms with Crippen molar-refractivity contribution >= 4 is 29.2 Å². The minimum Gasteiger partial charge on any atom is -0.530 e. The number of amides is 2. The van der Waals surface area contributed by atoms with Gasteiger partial charge in [-0.25, -0.2) is 0 Å². The van der Waals surface area contributed by atoms with Crippen molar-refractivity contribution in [2.75, 3.05) is 17.2 Å². The van der Waals surface area contributed by atoms with E-state index >= 15 is 0 Å². The van der Waals surface area contributed by atoms with E-state index in [2.05, 4.69) is 9.72 Å². The number of anilines is 2. The third kappa shape index (κ3) is 8.68. The number of carbonyl (C=O) groups is 3. The first-order chi connectivity index (χ1) is 19.0. The van der Waals surface area contributed by atoms with Crippen LogP contribution in [-0.4, -0.2) is 35.6 Å². The third-order valence-corrected chi connectivity index (χ3v) is 5.54. The molecule has 3 aromatic rings. The largest absolute Gasteiger partial charge is 0.530 e. The SMILES string of the molecule is CC(C)c1cc(-c2cccc(C(=O)CC(=O)Nc3cc(C(F)(F)F)c(OCC(F)(F)F)cc3NC(=O)[O-])c2)ccn1. The maximum atomic E-state index is 13.6. The number of rotatable bonds is 9. The predicted octanol–water partition coefficient (Wildman–Crippen LogP) is 5.80. The molecule has 0 aliphatic carbocycles. The average molecular weight is 582 g/mol. The highest BCUT2D eigenvalue weighted by molar-refractivity contribution is 6.12. The van der Waals surface area contributed by atoms with E-state index in [4.69, 9.17) is 0 Å². The van der Waals surface area contributed by atoms with Gasteiger partial charge < -0.3 is 25.3 Å². The van der Waals surface area contributed by atoms with Crippen molar-refractivity contribution in [1.82, 2.24) is 4.98 Å². The minimum absolute atomic E-state index is 0.112. The summed E-state index contributed by atoms with van der Waals surface area (Å²) < 4.78 is 82.6. The molecule has 0 fully saturated rings. The number of hydrogen-bond donors (Lipinski definition) is 2. The molecular weight excluding hydrogens is 560 g/mol. The van der Waals surface area contributed by atoms with E-state index in [1.54, 1.807) is 29.7 Å². The first kappa shape index (κ1) is 30.9. The van der Waals surface area contributed by atoms with Gasteiger partial charge in [-0.05, 0) is 41.3 Å². The molecule has 0 saturated carbocycles. The molecule has 218 valence electrons. The van der Waals surface area contributed by atoms with E-state index in [9.17, 15) is 45.8 Å². The fraction of sp³-hybridized carbons (Fsp3) is 0.259. The van der Waals surface area contributed by atoms with Gasteiger partial charge in [0.15, 0.2) is 12.4 Å². The first-order valence-corrected chi connectivity index (χ1v) is 11.9. The number of Topliss-reactive ketones (excluding diaryl/α,β-unsaturated/α-hetero) is 1. The van der Waals surface area contributed by atoms with Gasteiger partial charge in [-0.3, -0.25) is 14.6 Å². The van der Waals surface area contributed by atoms with Gasteiger partial charge in [0.05, 0.1) is 23.4 Å². The van der Waals surface area contributed by atoms with Crippen LogP contribution < -0.4 is 20.5 Å². The molecule has 3 rings (SSSR count). The third-order valence-electron chi connectivity index (χ3n) is 5.54. The van der Waals surface area contributed by atoms with Crippen LogP contribution in [0.5, 0.6) is 5.75 Å². The van der Waals surface area contributed by atoms with Crippen molar-refractivity contribution in [2.45, 2.75) is 38.5 Å². The number of ether oxygens (including phenoxy) is 1. The number of carbonyl (C=O) groups excluding carboxylic acids is 3. The molecule has 2 N–H and O–H groups in total. The molecular formula is C27H22F6N3O5-. The van der Waals surface area contributed by atoms with Crippen molar-refractivity contribution in [2.24, 2.45) is 0 Å². The molecule has 0 saturated heterocycles.